The summed E-state index contributed by atoms with van der Waals surface area (Å²) >= 11 is 0. The molecular weight excluding hydrogens is 336 g/mol. The van der Waals surface area contributed by atoms with Crippen molar-refractivity contribution in [2.24, 2.45) is 7.05 Å². The zero-order valence-electron chi connectivity index (χ0n) is 15.9. The van der Waals surface area contributed by atoms with Gasteiger partial charge in [-0.15, -0.1) is 0 Å². The highest BCUT2D eigenvalue weighted by molar-refractivity contribution is 5.92. The number of rotatable bonds is 4. The zero-order chi connectivity index (χ0) is 18.8. The lowest BCUT2D eigenvalue weighted by atomic mass is 9.97. The second-order valence-electron chi connectivity index (χ2n) is 7.41. The number of hydrogen-bond acceptors (Lipinski definition) is 3. The number of anilines is 1. The number of benzene rings is 1. The molecule has 0 radical (unpaired) electrons. The number of nitrogens with zero attached hydrogens (tertiary/aromatic N) is 3. The summed E-state index contributed by atoms with van der Waals surface area (Å²) in [5.74, 6) is 0.106. The van der Waals surface area contributed by atoms with E-state index in [1.807, 2.05) is 43.1 Å². The van der Waals surface area contributed by atoms with Crippen LogP contribution in [-0.2, 0) is 11.8 Å². The number of amides is 1. The van der Waals surface area contributed by atoms with Gasteiger partial charge in [-0.05, 0) is 43.5 Å². The van der Waals surface area contributed by atoms with Crippen LogP contribution >= 0.6 is 0 Å². The third kappa shape index (κ3) is 3.54. The van der Waals surface area contributed by atoms with Crippen molar-refractivity contribution in [1.29, 1.82) is 0 Å². The van der Waals surface area contributed by atoms with Gasteiger partial charge in [-0.3, -0.25) is 9.78 Å². The van der Waals surface area contributed by atoms with E-state index >= 15 is 0 Å². The summed E-state index contributed by atoms with van der Waals surface area (Å²) in [6.07, 6.45) is 7.64. The molecule has 27 heavy (non-hydrogen) atoms. The van der Waals surface area contributed by atoms with Crippen LogP contribution in [0.3, 0.4) is 0 Å². The number of piperidine rings is 1. The molecule has 1 N–H and O–H groups in total. The normalized spacial score (nSPS) is 16.4. The molecule has 1 amide bonds. The molecule has 1 aliphatic rings. The number of nitrogens with one attached hydrogen (secondary N) is 1. The smallest absolute Gasteiger partial charge is 0.229 e. The minimum Gasteiger partial charge on any atom is -0.382 e. The van der Waals surface area contributed by atoms with Gasteiger partial charge in [-0.1, -0.05) is 18.2 Å². The second kappa shape index (κ2) is 7.43. The average molecular weight is 362 g/mol. The Bertz CT molecular complexity index is 926. The molecule has 3 heterocycles. The highest BCUT2D eigenvalue weighted by Crippen LogP contribution is 2.29. The number of aromatic nitrogens is 2. The summed E-state index contributed by atoms with van der Waals surface area (Å²) in [4.78, 5) is 19.2. The van der Waals surface area contributed by atoms with Crippen molar-refractivity contribution < 1.29 is 4.79 Å². The lowest BCUT2D eigenvalue weighted by molar-refractivity contribution is -0.133. The summed E-state index contributed by atoms with van der Waals surface area (Å²) in [7, 11) is 2.04. The Morgan fingerprint density at radius 1 is 1.15 bits per heavy atom. The van der Waals surface area contributed by atoms with Gasteiger partial charge in [-0.25, -0.2) is 0 Å². The van der Waals surface area contributed by atoms with E-state index in [9.17, 15) is 4.79 Å². The molecule has 0 spiro atoms. The van der Waals surface area contributed by atoms with E-state index in [1.165, 1.54) is 10.9 Å². The third-order valence-electron chi connectivity index (χ3n) is 5.62. The number of hydrogen-bond donors (Lipinski definition) is 1. The number of carbonyl (C=O) groups excluding carboxylic acids is 1. The third-order valence-corrected chi connectivity index (χ3v) is 5.62. The van der Waals surface area contributed by atoms with E-state index in [0.29, 0.717) is 6.04 Å². The van der Waals surface area contributed by atoms with Crippen molar-refractivity contribution in [3.05, 3.63) is 60.6 Å². The van der Waals surface area contributed by atoms with Gasteiger partial charge in [0.2, 0.25) is 5.91 Å². The van der Waals surface area contributed by atoms with Crippen LogP contribution in [-0.4, -0.2) is 39.5 Å². The molecular formula is C22H26N4O. The molecule has 2 aromatic heterocycles. The van der Waals surface area contributed by atoms with Crippen LogP contribution in [0.25, 0.3) is 10.9 Å². The molecule has 1 unspecified atom stereocenters. The van der Waals surface area contributed by atoms with Crippen molar-refractivity contribution in [1.82, 2.24) is 14.5 Å². The molecule has 140 valence electrons. The van der Waals surface area contributed by atoms with E-state index in [1.54, 1.807) is 12.4 Å². The van der Waals surface area contributed by atoms with Crippen molar-refractivity contribution >= 4 is 22.5 Å². The van der Waals surface area contributed by atoms with E-state index in [0.717, 1.165) is 37.2 Å². The fourth-order valence-electron chi connectivity index (χ4n) is 4.05. The van der Waals surface area contributed by atoms with Crippen LogP contribution in [0.5, 0.6) is 0 Å². The maximum absolute atomic E-state index is 13.1. The molecule has 1 saturated heterocycles. The van der Waals surface area contributed by atoms with E-state index in [-0.39, 0.29) is 11.8 Å². The highest BCUT2D eigenvalue weighted by Gasteiger charge is 2.28. The Labute approximate surface area is 160 Å². The van der Waals surface area contributed by atoms with Crippen molar-refractivity contribution in [2.75, 3.05) is 18.4 Å². The number of pyridine rings is 1. The summed E-state index contributed by atoms with van der Waals surface area (Å²) in [6, 6.07) is 12.7. The molecule has 0 saturated carbocycles. The summed E-state index contributed by atoms with van der Waals surface area (Å²) in [6.45, 7) is 3.64. The Morgan fingerprint density at radius 3 is 2.59 bits per heavy atom. The molecule has 1 aromatic carbocycles. The predicted octanol–water partition coefficient (Wildman–Crippen LogP) is 3.78. The van der Waals surface area contributed by atoms with E-state index in [2.05, 4.69) is 33.2 Å². The standard InChI is InChI=1S/C22H26N4O/c1-16(20-15-25(2)21-6-4-3-5-19(20)21)22(27)26-13-9-18(10-14-26)24-17-7-11-23-12-8-17/h3-8,11-12,15-16,18H,9-10,13-14H2,1-2H3,(H,23,24). The number of fused-ring (bicyclic) bond motifs is 1. The van der Waals surface area contributed by atoms with Crippen molar-refractivity contribution in [2.45, 2.75) is 31.7 Å². The molecule has 4 rings (SSSR count). The Morgan fingerprint density at radius 2 is 1.85 bits per heavy atom. The molecule has 0 bridgehead atoms. The first-order valence-corrected chi connectivity index (χ1v) is 9.63. The summed E-state index contributed by atoms with van der Waals surface area (Å²) in [5, 5.41) is 4.72. The minimum absolute atomic E-state index is 0.124. The Balaban J connectivity index is 1.41. The summed E-state index contributed by atoms with van der Waals surface area (Å²) in [5.41, 5.74) is 3.39. The molecule has 3 aromatic rings. The van der Waals surface area contributed by atoms with Gasteiger partial charge in [0, 0.05) is 61.4 Å². The fraction of sp³-hybridized carbons (Fsp3) is 0.364. The molecule has 1 fully saturated rings. The number of likely N-dealkylation sites (tertiary alicyclic amines) is 1. The van der Waals surface area contributed by atoms with Gasteiger partial charge in [0.05, 0.1) is 5.92 Å². The first-order chi connectivity index (χ1) is 13.1. The molecule has 5 heteroatoms. The van der Waals surface area contributed by atoms with Crippen LogP contribution < -0.4 is 5.32 Å². The van der Waals surface area contributed by atoms with Gasteiger partial charge < -0.3 is 14.8 Å². The topological polar surface area (TPSA) is 50.2 Å². The fourth-order valence-corrected chi connectivity index (χ4v) is 4.05. The molecule has 5 nitrogen and oxygen atoms in total. The van der Waals surface area contributed by atoms with Gasteiger partial charge >= 0.3 is 0 Å². The van der Waals surface area contributed by atoms with Crippen LogP contribution in [0.15, 0.2) is 55.0 Å². The lowest BCUT2D eigenvalue weighted by Gasteiger charge is -2.34. The molecule has 0 aliphatic carbocycles. The predicted molar refractivity (Wildman–Crippen MR) is 109 cm³/mol. The maximum Gasteiger partial charge on any atom is 0.229 e. The first kappa shape index (κ1) is 17.6. The van der Waals surface area contributed by atoms with E-state index in [4.69, 9.17) is 0 Å². The highest BCUT2D eigenvalue weighted by atomic mass is 16.2. The number of para-hydroxylation sites is 1. The molecule has 1 atom stereocenters. The van der Waals surface area contributed by atoms with Crippen molar-refractivity contribution in [3.63, 3.8) is 0 Å². The van der Waals surface area contributed by atoms with Crippen LogP contribution in [0, 0.1) is 0 Å². The van der Waals surface area contributed by atoms with Crippen LogP contribution in [0.2, 0.25) is 0 Å². The van der Waals surface area contributed by atoms with Crippen molar-refractivity contribution in [3.8, 4) is 0 Å². The van der Waals surface area contributed by atoms with Gasteiger partial charge in [0.25, 0.3) is 0 Å². The second-order valence-corrected chi connectivity index (χ2v) is 7.41. The quantitative estimate of drug-likeness (QED) is 0.768. The SMILES string of the molecule is CC(C(=O)N1CCC(Nc2ccncc2)CC1)c1cn(C)c2ccccc12. The Hall–Kier alpha value is -2.82. The van der Waals surface area contributed by atoms with E-state index < -0.39 is 0 Å². The van der Waals surface area contributed by atoms with Crippen LogP contribution in [0.1, 0.15) is 31.2 Å². The molecule has 1 aliphatic heterocycles. The lowest BCUT2D eigenvalue weighted by Crippen LogP contribution is -2.43. The number of aryl methyl sites for hydroxylation is 1. The minimum atomic E-state index is -0.124. The maximum atomic E-state index is 13.1. The summed E-state index contributed by atoms with van der Waals surface area (Å²) < 4.78 is 2.11. The van der Waals surface area contributed by atoms with Crippen LogP contribution in [0.4, 0.5) is 5.69 Å². The average Bonchev–Trinajstić information content (AvgIpc) is 3.05. The first-order valence-electron chi connectivity index (χ1n) is 9.63. The number of carbonyl (C=O) groups is 1. The zero-order valence-corrected chi connectivity index (χ0v) is 15.9. The Kier molecular flexibility index (Phi) is 4.84. The van der Waals surface area contributed by atoms with Gasteiger partial charge in [0.15, 0.2) is 0 Å². The largest absolute Gasteiger partial charge is 0.382 e. The monoisotopic (exact) mass is 362 g/mol. The van der Waals surface area contributed by atoms with Gasteiger partial charge in [-0.2, -0.15) is 0 Å². The van der Waals surface area contributed by atoms with Gasteiger partial charge in [0.1, 0.15) is 0 Å².